The van der Waals surface area contributed by atoms with E-state index in [2.05, 4.69) is 10.4 Å². The molecule has 0 aliphatic heterocycles. The van der Waals surface area contributed by atoms with Crippen molar-refractivity contribution in [2.24, 2.45) is 0 Å². The van der Waals surface area contributed by atoms with Crippen molar-refractivity contribution in [2.75, 3.05) is 11.1 Å². The van der Waals surface area contributed by atoms with Crippen LogP contribution in [-0.2, 0) is 0 Å². The molecule has 2 aromatic rings. The van der Waals surface area contributed by atoms with E-state index in [1.165, 1.54) is 6.07 Å². The monoisotopic (exact) mass is 302 g/mol. The summed E-state index contributed by atoms with van der Waals surface area (Å²) in [6, 6.07) is 6.12. The number of benzene rings is 1. The summed E-state index contributed by atoms with van der Waals surface area (Å²) in [5.41, 5.74) is 5.65. The maximum absolute atomic E-state index is 11.5. The van der Waals surface area contributed by atoms with Gasteiger partial charge in [-0.15, -0.1) is 0 Å². The second kappa shape index (κ2) is 5.01. The molecule has 0 saturated heterocycles. The Balaban J connectivity index is 2.27. The number of nitrogens with one attached hydrogen (secondary N) is 2. The standard InChI is InChI=1S/C10H8Cl2N4OS/c11-5-1-2-7(6(12)3-5)14-10(18)16-9(17)4-8(13)15-16/h1-4,15H,13H2,(H,14,18). The Morgan fingerprint density at radius 3 is 2.67 bits per heavy atom. The lowest BCUT2D eigenvalue weighted by Gasteiger charge is -2.09. The first-order valence-electron chi connectivity index (χ1n) is 4.81. The Morgan fingerprint density at radius 1 is 1.39 bits per heavy atom. The van der Waals surface area contributed by atoms with Gasteiger partial charge in [0, 0.05) is 11.1 Å². The number of thiocarbonyl (C=S) groups is 1. The number of halogens is 2. The van der Waals surface area contributed by atoms with Crippen molar-refractivity contribution in [2.45, 2.75) is 0 Å². The topological polar surface area (TPSA) is 75.8 Å². The van der Waals surface area contributed by atoms with Crippen LogP contribution in [0.4, 0.5) is 11.5 Å². The molecule has 18 heavy (non-hydrogen) atoms. The van der Waals surface area contributed by atoms with Crippen molar-refractivity contribution in [3.05, 3.63) is 44.7 Å². The third-order valence-electron chi connectivity index (χ3n) is 2.12. The quantitative estimate of drug-likeness (QED) is 0.707. The van der Waals surface area contributed by atoms with Crippen molar-refractivity contribution < 1.29 is 0 Å². The molecule has 0 bridgehead atoms. The molecule has 2 rings (SSSR count). The summed E-state index contributed by atoms with van der Waals surface area (Å²) in [6.07, 6.45) is 0. The maximum Gasteiger partial charge on any atom is 0.275 e. The van der Waals surface area contributed by atoms with Gasteiger partial charge in [-0.25, -0.2) is 0 Å². The SMILES string of the molecule is Nc1cc(=O)n(C(=S)Nc2ccc(Cl)cc2Cl)[nH]1. The molecular weight excluding hydrogens is 295 g/mol. The van der Waals surface area contributed by atoms with Crippen molar-refractivity contribution in [3.8, 4) is 0 Å². The van der Waals surface area contributed by atoms with Crippen molar-refractivity contribution in [1.82, 2.24) is 9.78 Å². The summed E-state index contributed by atoms with van der Waals surface area (Å²) in [6.45, 7) is 0. The molecule has 5 nitrogen and oxygen atoms in total. The van der Waals surface area contributed by atoms with E-state index in [0.717, 1.165) is 4.68 Å². The van der Waals surface area contributed by atoms with Gasteiger partial charge in [-0.05, 0) is 30.4 Å². The largest absolute Gasteiger partial charge is 0.384 e. The van der Waals surface area contributed by atoms with E-state index in [9.17, 15) is 4.79 Å². The Morgan fingerprint density at radius 2 is 2.11 bits per heavy atom. The van der Waals surface area contributed by atoms with E-state index in [4.69, 9.17) is 41.2 Å². The molecule has 8 heteroatoms. The second-order valence-corrected chi connectivity index (χ2v) is 4.67. The van der Waals surface area contributed by atoms with Gasteiger partial charge in [-0.1, -0.05) is 23.2 Å². The minimum absolute atomic E-state index is 0.140. The number of hydrogen-bond acceptors (Lipinski definition) is 3. The number of hydrogen-bond donors (Lipinski definition) is 3. The van der Waals surface area contributed by atoms with Crippen LogP contribution in [0.15, 0.2) is 29.1 Å². The summed E-state index contributed by atoms with van der Waals surface area (Å²) >= 11 is 16.8. The lowest BCUT2D eigenvalue weighted by Crippen LogP contribution is -2.29. The van der Waals surface area contributed by atoms with Crippen molar-refractivity contribution >= 4 is 52.0 Å². The van der Waals surface area contributed by atoms with Gasteiger partial charge in [0.2, 0.25) is 0 Å². The van der Waals surface area contributed by atoms with E-state index < -0.39 is 0 Å². The van der Waals surface area contributed by atoms with Gasteiger partial charge in [-0.2, -0.15) is 4.68 Å². The van der Waals surface area contributed by atoms with E-state index in [1.807, 2.05) is 0 Å². The highest BCUT2D eigenvalue weighted by Gasteiger charge is 2.08. The van der Waals surface area contributed by atoms with Crippen molar-refractivity contribution in [1.29, 1.82) is 0 Å². The Bertz CT molecular complexity index is 664. The molecule has 1 heterocycles. The fourth-order valence-electron chi connectivity index (χ4n) is 1.33. The summed E-state index contributed by atoms with van der Waals surface area (Å²) < 4.78 is 1.11. The van der Waals surface area contributed by atoms with Gasteiger partial charge in [0.05, 0.1) is 10.7 Å². The van der Waals surface area contributed by atoms with Gasteiger partial charge < -0.3 is 11.1 Å². The lowest BCUT2D eigenvalue weighted by atomic mass is 10.3. The molecule has 1 aromatic heterocycles. The number of nitrogens with two attached hydrogens (primary N) is 1. The van der Waals surface area contributed by atoms with Crippen molar-refractivity contribution in [3.63, 3.8) is 0 Å². The summed E-state index contributed by atoms with van der Waals surface area (Å²) in [5, 5.41) is 6.48. The van der Waals surface area contributed by atoms with Crippen LogP contribution in [0, 0.1) is 0 Å². The molecule has 0 aliphatic carbocycles. The molecule has 1 aromatic carbocycles. The first kappa shape index (κ1) is 12.9. The number of nitrogen functional groups attached to an aromatic ring is 1. The second-order valence-electron chi connectivity index (χ2n) is 3.44. The average Bonchev–Trinajstić information content (AvgIpc) is 2.62. The molecule has 0 saturated carbocycles. The zero-order chi connectivity index (χ0) is 13.3. The molecular formula is C10H8Cl2N4OS. The molecule has 0 unspecified atom stereocenters. The minimum atomic E-state index is -0.352. The van der Waals surface area contributed by atoms with Gasteiger partial charge in [0.15, 0.2) is 5.11 Å². The molecule has 4 N–H and O–H groups in total. The van der Waals surface area contributed by atoms with Crippen LogP contribution < -0.4 is 16.6 Å². The Hall–Kier alpha value is -1.50. The molecule has 0 aliphatic rings. The highest BCUT2D eigenvalue weighted by molar-refractivity contribution is 7.80. The van der Waals surface area contributed by atoms with Gasteiger partial charge in [-0.3, -0.25) is 9.89 Å². The number of anilines is 2. The third kappa shape index (κ3) is 2.66. The van der Waals surface area contributed by atoms with Gasteiger partial charge in [0.25, 0.3) is 5.56 Å². The first-order valence-corrected chi connectivity index (χ1v) is 5.98. The molecule has 0 amide bonds. The molecule has 0 atom stereocenters. The zero-order valence-electron chi connectivity index (χ0n) is 8.91. The molecule has 0 spiro atoms. The summed E-state index contributed by atoms with van der Waals surface area (Å²) in [4.78, 5) is 11.5. The van der Waals surface area contributed by atoms with Crippen LogP contribution in [0.5, 0.6) is 0 Å². The molecule has 94 valence electrons. The molecule has 0 fully saturated rings. The van der Waals surface area contributed by atoms with E-state index in [-0.39, 0.29) is 16.5 Å². The lowest BCUT2D eigenvalue weighted by molar-refractivity contribution is 0.919. The highest BCUT2D eigenvalue weighted by Crippen LogP contribution is 2.25. The fraction of sp³-hybridized carbons (Fsp3) is 0. The minimum Gasteiger partial charge on any atom is -0.384 e. The van der Waals surface area contributed by atoms with Crippen LogP contribution in [0.2, 0.25) is 10.0 Å². The third-order valence-corrected chi connectivity index (χ3v) is 2.95. The van der Waals surface area contributed by atoms with Gasteiger partial charge >= 0.3 is 0 Å². The van der Waals surface area contributed by atoms with Gasteiger partial charge in [0.1, 0.15) is 5.82 Å². The predicted molar refractivity (Wildman–Crippen MR) is 77.5 cm³/mol. The van der Waals surface area contributed by atoms with Crippen LogP contribution in [0.3, 0.4) is 0 Å². The Labute approximate surface area is 117 Å². The number of aromatic nitrogens is 2. The zero-order valence-corrected chi connectivity index (χ0v) is 11.2. The number of rotatable bonds is 1. The first-order chi connectivity index (χ1) is 8.47. The maximum atomic E-state index is 11.5. The predicted octanol–water partition coefficient (Wildman–Crippen LogP) is 2.31. The smallest absolute Gasteiger partial charge is 0.275 e. The Kier molecular flexibility index (Phi) is 3.60. The fourth-order valence-corrected chi connectivity index (χ4v) is 2.03. The number of nitrogens with zero attached hydrogens (tertiary/aromatic N) is 1. The van der Waals surface area contributed by atoms with Crippen LogP contribution in [-0.4, -0.2) is 14.9 Å². The summed E-state index contributed by atoms with van der Waals surface area (Å²) in [7, 11) is 0. The van der Waals surface area contributed by atoms with E-state index >= 15 is 0 Å². The highest BCUT2D eigenvalue weighted by atomic mass is 35.5. The molecule has 0 radical (unpaired) electrons. The van der Waals surface area contributed by atoms with E-state index in [1.54, 1.807) is 18.2 Å². The van der Waals surface area contributed by atoms with Crippen LogP contribution >= 0.6 is 35.4 Å². The average molecular weight is 303 g/mol. The summed E-state index contributed by atoms with van der Waals surface area (Å²) in [5.74, 6) is 0.228. The van der Waals surface area contributed by atoms with E-state index in [0.29, 0.717) is 15.7 Å². The van der Waals surface area contributed by atoms with Crippen LogP contribution in [0.1, 0.15) is 0 Å². The normalized spacial score (nSPS) is 10.3. The number of H-pyrrole nitrogens is 1. The van der Waals surface area contributed by atoms with Crippen LogP contribution in [0.25, 0.3) is 0 Å². The number of aromatic amines is 1.